The normalized spacial score (nSPS) is 10.8. The van der Waals surface area contributed by atoms with E-state index in [1.54, 1.807) is 6.07 Å². The topological polar surface area (TPSA) is 51.2 Å². The van der Waals surface area contributed by atoms with Crippen LogP contribution in [0.15, 0.2) is 60.7 Å². The first-order chi connectivity index (χ1) is 11.6. The lowest BCUT2D eigenvalue weighted by atomic mass is 10.1. The van der Waals surface area contributed by atoms with Crippen LogP contribution in [0.3, 0.4) is 0 Å². The fourth-order valence-corrected chi connectivity index (χ4v) is 2.48. The van der Waals surface area contributed by atoms with Gasteiger partial charge >= 0.3 is 0 Å². The summed E-state index contributed by atoms with van der Waals surface area (Å²) in [5.41, 5.74) is 2.38. The minimum absolute atomic E-state index is 0.0677. The molecule has 0 aliphatic heterocycles. The number of hydrogen-bond acceptors (Lipinski definition) is 3. The summed E-state index contributed by atoms with van der Waals surface area (Å²) in [4.78, 5) is 17.0. The van der Waals surface area contributed by atoms with E-state index in [2.05, 4.69) is 10.3 Å². The van der Waals surface area contributed by atoms with E-state index in [0.29, 0.717) is 18.1 Å². The molecule has 4 heteroatoms. The third kappa shape index (κ3) is 3.71. The molecule has 2 aromatic carbocycles. The number of nitrogens with one attached hydrogen (secondary N) is 1. The van der Waals surface area contributed by atoms with E-state index in [-0.39, 0.29) is 11.9 Å². The minimum atomic E-state index is -0.117. The molecule has 0 atom stereocenters. The van der Waals surface area contributed by atoms with Crippen LogP contribution in [0.5, 0.6) is 5.88 Å². The van der Waals surface area contributed by atoms with Crippen molar-refractivity contribution in [2.75, 3.05) is 0 Å². The number of fused-ring (bicyclic) bond motifs is 1. The zero-order chi connectivity index (χ0) is 16.9. The molecule has 0 radical (unpaired) electrons. The van der Waals surface area contributed by atoms with Crippen molar-refractivity contribution >= 4 is 16.8 Å². The monoisotopic (exact) mass is 320 g/mol. The van der Waals surface area contributed by atoms with Crippen LogP contribution < -0.4 is 10.1 Å². The fraction of sp³-hybridized carbons (Fsp3) is 0.200. The van der Waals surface area contributed by atoms with Gasteiger partial charge in [-0.05, 0) is 25.5 Å². The number of rotatable bonds is 5. The van der Waals surface area contributed by atoms with E-state index in [0.717, 1.165) is 16.5 Å². The molecule has 0 fully saturated rings. The van der Waals surface area contributed by atoms with Gasteiger partial charge in [0.25, 0.3) is 5.91 Å². The molecule has 1 aromatic heterocycles. The predicted octanol–water partition coefficient (Wildman–Crippen LogP) is 3.95. The molecular formula is C20H20N2O2. The van der Waals surface area contributed by atoms with Crippen molar-refractivity contribution in [1.29, 1.82) is 0 Å². The molecule has 0 aliphatic carbocycles. The Hall–Kier alpha value is -2.88. The molecule has 122 valence electrons. The van der Waals surface area contributed by atoms with E-state index < -0.39 is 0 Å². The quantitative estimate of drug-likeness (QED) is 0.774. The van der Waals surface area contributed by atoms with Crippen molar-refractivity contribution in [3.8, 4) is 5.88 Å². The SMILES string of the molecule is CC(C)NC(=O)c1cc(OCc2ccccc2)nc2ccccc12. The third-order valence-electron chi connectivity index (χ3n) is 3.59. The van der Waals surface area contributed by atoms with Crippen LogP contribution in [-0.4, -0.2) is 16.9 Å². The summed E-state index contributed by atoms with van der Waals surface area (Å²) in [7, 11) is 0. The van der Waals surface area contributed by atoms with Crippen LogP contribution in [0.1, 0.15) is 29.8 Å². The lowest BCUT2D eigenvalue weighted by molar-refractivity contribution is 0.0944. The molecule has 0 bridgehead atoms. The van der Waals surface area contributed by atoms with Crippen LogP contribution in [-0.2, 0) is 6.61 Å². The average Bonchev–Trinajstić information content (AvgIpc) is 2.59. The number of pyridine rings is 1. The standard InChI is InChI=1S/C20H20N2O2/c1-14(2)21-20(23)17-12-19(22-18-11-7-6-10-16(17)18)24-13-15-8-4-3-5-9-15/h3-12,14H,13H2,1-2H3,(H,21,23). The molecule has 0 spiro atoms. The van der Waals surface area contributed by atoms with Crippen molar-refractivity contribution < 1.29 is 9.53 Å². The Kier molecular flexibility index (Phi) is 4.75. The van der Waals surface area contributed by atoms with E-state index in [1.165, 1.54) is 0 Å². The van der Waals surface area contributed by atoms with Gasteiger partial charge in [0, 0.05) is 17.5 Å². The van der Waals surface area contributed by atoms with Gasteiger partial charge < -0.3 is 10.1 Å². The second kappa shape index (κ2) is 7.13. The van der Waals surface area contributed by atoms with E-state index in [1.807, 2.05) is 68.4 Å². The fourth-order valence-electron chi connectivity index (χ4n) is 2.48. The van der Waals surface area contributed by atoms with Crippen molar-refractivity contribution in [2.24, 2.45) is 0 Å². The van der Waals surface area contributed by atoms with E-state index in [4.69, 9.17) is 4.74 Å². The molecule has 1 N–H and O–H groups in total. The molecule has 0 aliphatic rings. The first kappa shape index (κ1) is 16.0. The maximum absolute atomic E-state index is 12.5. The number of benzene rings is 2. The summed E-state index contributed by atoms with van der Waals surface area (Å²) in [5.74, 6) is 0.333. The summed E-state index contributed by atoms with van der Waals surface area (Å²) in [6.45, 7) is 4.29. The number of carbonyl (C=O) groups is 1. The number of para-hydroxylation sites is 1. The van der Waals surface area contributed by atoms with Gasteiger partial charge in [0.15, 0.2) is 0 Å². The molecule has 3 aromatic rings. The maximum Gasteiger partial charge on any atom is 0.252 e. The molecule has 1 heterocycles. The minimum Gasteiger partial charge on any atom is -0.473 e. The molecule has 3 rings (SSSR count). The van der Waals surface area contributed by atoms with Gasteiger partial charge in [0.05, 0.1) is 11.1 Å². The van der Waals surface area contributed by atoms with Crippen LogP contribution in [0, 0.1) is 0 Å². The summed E-state index contributed by atoms with van der Waals surface area (Å²) >= 11 is 0. The molecule has 24 heavy (non-hydrogen) atoms. The number of nitrogens with zero attached hydrogens (tertiary/aromatic N) is 1. The van der Waals surface area contributed by atoms with Crippen LogP contribution >= 0.6 is 0 Å². The number of hydrogen-bond donors (Lipinski definition) is 1. The van der Waals surface area contributed by atoms with E-state index in [9.17, 15) is 4.79 Å². The number of amides is 1. The highest BCUT2D eigenvalue weighted by Crippen LogP contribution is 2.23. The summed E-state index contributed by atoms with van der Waals surface area (Å²) < 4.78 is 5.80. The van der Waals surface area contributed by atoms with Crippen molar-refractivity contribution in [3.05, 3.63) is 71.8 Å². The second-order valence-corrected chi connectivity index (χ2v) is 5.93. The lowest BCUT2D eigenvalue weighted by Gasteiger charge is -2.12. The van der Waals surface area contributed by atoms with Gasteiger partial charge in [-0.3, -0.25) is 4.79 Å². The van der Waals surface area contributed by atoms with Gasteiger partial charge in [0.1, 0.15) is 6.61 Å². The first-order valence-corrected chi connectivity index (χ1v) is 8.01. The molecular weight excluding hydrogens is 300 g/mol. The molecule has 4 nitrogen and oxygen atoms in total. The number of ether oxygens (including phenoxy) is 1. The Morgan fingerprint density at radius 3 is 2.54 bits per heavy atom. The summed E-state index contributed by atoms with van der Waals surface area (Å²) in [6, 6.07) is 19.3. The largest absolute Gasteiger partial charge is 0.473 e. The zero-order valence-electron chi connectivity index (χ0n) is 13.8. The average molecular weight is 320 g/mol. The summed E-state index contributed by atoms with van der Waals surface area (Å²) in [5, 5.41) is 3.75. The maximum atomic E-state index is 12.5. The van der Waals surface area contributed by atoms with Gasteiger partial charge in [-0.2, -0.15) is 0 Å². The molecule has 1 amide bonds. The molecule has 0 unspecified atom stereocenters. The lowest BCUT2D eigenvalue weighted by Crippen LogP contribution is -2.30. The Bertz CT molecular complexity index is 845. The van der Waals surface area contributed by atoms with Crippen LogP contribution in [0.4, 0.5) is 0 Å². The van der Waals surface area contributed by atoms with Gasteiger partial charge in [-0.15, -0.1) is 0 Å². The second-order valence-electron chi connectivity index (χ2n) is 5.93. The Labute approximate surface area is 141 Å². The predicted molar refractivity (Wildman–Crippen MR) is 95.1 cm³/mol. The third-order valence-corrected chi connectivity index (χ3v) is 3.59. The summed E-state index contributed by atoms with van der Waals surface area (Å²) in [6.07, 6.45) is 0. The van der Waals surface area contributed by atoms with Gasteiger partial charge in [-0.25, -0.2) is 4.98 Å². The zero-order valence-corrected chi connectivity index (χ0v) is 13.8. The van der Waals surface area contributed by atoms with Crippen molar-refractivity contribution in [2.45, 2.75) is 26.5 Å². The van der Waals surface area contributed by atoms with Gasteiger partial charge in [-0.1, -0.05) is 48.5 Å². The van der Waals surface area contributed by atoms with E-state index >= 15 is 0 Å². The highest BCUT2D eigenvalue weighted by Gasteiger charge is 2.14. The smallest absolute Gasteiger partial charge is 0.252 e. The van der Waals surface area contributed by atoms with Crippen LogP contribution in [0.2, 0.25) is 0 Å². The Morgan fingerprint density at radius 2 is 1.79 bits per heavy atom. The van der Waals surface area contributed by atoms with Gasteiger partial charge in [0.2, 0.25) is 5.88 Å². The first-order valence-electron chi connectivity index (χ1n) is 8.01. The van der Waals surface area contributed by atoms with Crippen molar-refractivity contribution in [1.82, 2.24) is 10.3 Å². The molecule has 0 saturated heterocycles. The highest BCUT2D eigenvalue weighted by molar-refractivity contribution is 6.06. The van der Waals surface area contributed by atoms with Crippen molar-refractivity contribution in [3.63, 3.8) is 0 Å². The number of carbonyl (C=O) groups excluding carboxylic acids is 1. The Balaban J connectivity index is 1.92. The Morgan fingerprint density at radius 1 is 1.08 bits per heavy atom. The number of aromatic nitrogens is 1. The highest BCUT2D eigenvalue weighted by atomic mass is 16.5. The molecule has 0 saturated carbocycles. The van der Waals surface area contributed by atoms with Crippen LogP contribution in [0.25, 0.3) is 10.9 Å².